The predicted octanol–water partition coefficient (Wildman–Crippen LogP) is 0.633. The number of piperazine rings is 1. The van der Waals surface area contributed by atoms with Crippen LogP contribution >= 0.6 is 0 Å². The lowest BCUT2D eigenvalue weighted by Crippen LogP contribution is -2.44. The Bertz CT molecular complexity index is 591. The van der Waals surface area contributed by atoms with Crippen LogP contribution in [-0.2, 0) is 0 Å². The quantitative estimate of drug-likeness (QED) is 0.542. The molecule has 0 atom stereocenters. The van der Waals surface area contributed by atoms with Gasteiger partial charge in [-0.3, -0.25) is 0 Å². The number of nitrogens with zero attached hydrogens (tertiary/aromatic N) is 3. The number of nitrogen functional groups attached to an aromatic ring is 1. The van der Waals surface area contributed by atoms with E-state index < -0.39 is 0 Å². The van der Waals surface area contributed by atoms with Crippen molar-refractivity contribution in [2.24, 2.45) is 5.84 Å². The van der Waals surface area contributed by atoms with E-state index in [9.17, 15) is 0 Å². The van der Waals surface area contributed by atoms with Crippen molar-refractivity contribution < 1.29 is 0 Å². The summed E-state index contributed by atoms with van der Waals surface area (Å²) in [6.45, 7) is 5.79. The second kappa shape index (κ2) is 4.99. The highest BCUT2D eigenvalue weighted by Gasteiger charge is 2.17. The molecule has 0 radical (unpaired) electrons. The Morgan fingerprint density at radius 1 is 1.21 bits per heavy atom. The van der Waals surface area contributed by atoms with E-state index in [1.165, 1.54) is 5.56 Å². The number of hydrogen-bond acceptors (Lipinski definition) is 6. The third-order valence-corrected chi connectivity index (χ3v) is 3.35. The molecule has 1 fully saturated rings. The van der Waals surface area contributed by atoms with Crippen molar-refractivity contribution in [1.82, 2.24) is 15.3 Å². The minimum atomic E-state index is 0.639. The van der Waals surface area contributed by atoms with Crippen molar-refractivity contribution >= 4 is 22.7 Å². The molecule has 0 amide bonds. The molecule has 2 heterocycles. The third-order valence-electron chi connectivity index (χ3n) is 3.35. The summed E-state index contributed by atoms with van der Waals surface area (Å²) >= 11 is 0. The summed E-state index contributed by atoms with van der Waals surface area (Å²) in [4.78, 5) is 11.5. The van der Waals surface area contributed by atoms with Crippen LogP contribution in [0.3, 0.4) is 0 Å². The zero-order valence-corrected chi connectivity index (χ0v) is 11.0. The number of nitrogens with two attached hydrogens (primary N) is 1. The molecule has 4 N–H and O–H groups in total. The summed E-state index contributed by atoms with van der Waals surface area (Å²) in [5.41, 5.74) is 5.60. The minimum Gasteiger partial charge on any atom is -0.351 e. The summed E-state index contributed by atoms with van der Waals surface area (Å²) in [7, 11) is 0. The zero-order chi connectivity index (χ0) is 13.2. The first kappa shape index (κ1) is 12.1. The highest BCUT2D eigenvalue weighted by Crippen LogP contribution is 2.24. The molecule has 0 saturated carbocycles. The molecule has 1 aromatic heterocycles. The number of aromatic nitrogens is 2. The fraction of sp³-hybridized carbons (Fsp3) is 0.385. The van der Waals surface area contributed by atoms with Crippen molar-refractivity contribution in [2.75, 3.05) is 36.5 Å². The summed E-state index contributed by atoms with van der Waals surface area (Å²) in [6.07, 6.45) is 0. The van der Waals surface area contributed by atoms with Gasteiger partial charge in [0.1, 0.15) is 0 Å². The Hall–Kier alpha value is -1.92. The highest BCUT2D eigenvalue weighted by atomic mass is 15.3. The number of hydrazine groups is 1. The van der Waals surface area contributed by atoms with E-state index in [2.05, 4.69) is 20.6 Å². The van der Waals surface area contributed by atoms with Gasteiger partial charge in [-0.15, -0.1) is 0 Å². The summed E-state index contributed by atoms with van der Waals surface area (Å²) < 4.78 is 0. The van der Waals surface area contributed by atoms with Crippen LogP contribution in [0, 0.1) is 6.92 Å². The van der Waals surface area contributed by atoms with Gasteiger partial charge in [-0.2, -0.15) is 0 Å². The molecule has 1 aliphatic rings. The van der Waals surface area contributed by atoms with E-state index in [0.717, 1.165) is 43.0 Å². The highest BCUT2D eigenvalue weighted by molar-refractivity contribution is 5.81. The summed E-state index contributed by atoms with van der Waals surface area (Å²) in [5.74, 6) is 7.06. The van der Waals surface area contributed by atoms with Gasteiger partial charge in [-0.05, 0) is 24.6 Å². The first-order valence-electron chi connectivity index (χ1n) is 6.48. The molecule has 100 valence electrons. The summed E-state index contributed by atoms with van der Waals surface area (Å²) in [6, 6.07) is 6.07. The first-order valence-corrected chi connectivity index (χ1v) is 6.48. The Morgan fingerprint density at radius 2 is 2.00 bits per heavy atom. The lowest BCUT2D eigenvalue weighted by atomic mass is 10.2. The second-order valence-electron chi connectivity index (χ2n) is 4.77. The van der Waals surface area contributed by atoms with Gasteiger partial charge in [0.25, 0.3) is 0 Å². The van der Waals surface area contributed by atoms with Gasteiger partial charge < -0.3 is 15.6 Å². The van der Waals surface area contributed by atoms with Crippen LogP contribution in [0.15, 0.2) is 18.2 Å². The molecular formula is C13H18N6. The third kappa shape index (κ3) is 2.32. The SMILES string of the molecule is Cc1ccc2nc(N3CCNCC3)c(NN)nc2c1. The Labute approximate surface area is 112 Å². The maximum atomic E-state index is 5.59. The zero-order valence-electron chi connectivity index (χ0n) is 11.0. The standard InChI is InChI=1S/C13H18N6/c1-9-2-3-10-11(8-9)16-12(18-14)13(17-10)19-6-4-15-5-7-19/h2-3,8,15H,4-7,14H2,1H3,(H,16,18). The molecule has 1 aliphatic heterocycles. The number of benzene rings is 1. The van der Waals surface area contributed by atoms with Crippen LogP contribution in [0.1, 0.15) is 5.56 Å². The fourth-order valence-electron chi connectivity index (χ4n) is 2.35. The van der Waals surface area contributed by atoms with Crippen LogP contribution in [0.25, 0.3) is 11.0 Å². The van der Waals surface area contributed by atoms with Crippen molar-refractivity contribution in [2.45, 2.75) is 6.92 Å². The Balaban J connectivity index is 2.09. The number of nitrogens with one attached hydrogen (secondary N) is 2. The first-order chi connectivity index (χ1) is 9.28. The number of anilines is 2. The van der Waals surface area contributed by atoms with E-state index >= 15 is 0 Å². The lowest BCUT2D eigenvalue weighted by molar-refractivity contribution is 0.585. The smallest absolute Gasteiger partial charge is 0.184 e. The monoisotopic (exact) mass is 258 g/mol. The lowest BCUT2D eigenvalue weighted by Gasteiger charge is -2.29. The van der Waals surface area contributed by atoms with E-state index in [1.54, 1.807) is 0 Å². The van der Waals surface area contributed by atoms with Crippen molar-refractivity contribution in [3.05, 3.63) is 23.8 Å². The molecule has 3 rings (SSSR count). The van der Waals surface area contributed by atoms with Crippen LogP contribution in [0.4, 0.5) is 11.6 Å². The largest absolute Gasteiger partial charge is 0.351 e. The molecule has 0 unspecified atom stereocenters. The molecule has 6 heteroatoms. The van der Waals surface area contributed by atoms with Gasteiger partial charge in [0.2, 0.25) is 0 Å². The van der Waals surface area contributed by atoms with Crippen LogP contribution < -0.4 is 21.5 Å². The minimum absolute atomic E-state index is 0.639. The average Bonchev–Trinajstić information content (AvgIpc) is 2.46. The van der Waals surface area contributed by atoms with E-state index in [1.807, 2.05) is 25.1 Å². The normalized spacial score (nSPS) is 15.8. The van der Waals surface area contributed by atoms with Crippen LogP contribution in [-0.4, -0.2) is 36.1 Å². The Morgan fingerprint density at radius 3 is 2.74 bits per heavy atom. The molecule has 6 nitrogen and oxygen atoms in total. The average molecular weight is 258 g/mol. The molecule has 2 aromatic rings. The molecule has 0 aliphatic carbocycles. The molecule has 1 saturated heterocycles. The molecule has 1 aromatic carbocycles. The van der Waals surface area contributed by atoms with E-state index in [4.69, 9.17) is 10.8 Å². The van der Waals surface area contributed by atoms with Crippen molar-refractivity contribution in [3.63, 3.8) is 0 Å². The fourth-order valence-corrected chi connectivity index (χ4v) is 2.35. The Kier molecular flexibility index (Phi) is 3.18. The second-order valence-corrected chi connectivity index (χ2v) is 4.77. The van der Waals surface area contributed by atoms with Crippen LogP contribution in [0.2, 0.25) is 0 Å². The van der Waals surface area contributed by atoms with E-state index in [0.29, 0.717) is 5.82 Å². The number of hydrogen-bond donors (Lipinski definition) is 3. The van der Waals surface area contributed by atoms with Gasteiger partial charge >= 0.3 is 0 Å². The maximum absolute atomic E-state index is 5.59. The summed E-state index contributed by atoms with van der Waals surface area (Å²) in [5, 5.41) is 3.33. The van der Waals surface area contributed by atoms with Gasteiger partial charge in [0.05, 0.1) is 11.0 Å². The van der Waals surface area contributed by atoms with Crippen molar-refractivity contribution in [1.29, 1.82) is 0 Å². The number of fused-ring (bicyclic) bond motifs is 1. The van der Waals surface area contributed by atoms with Gasteiger partial charge in [-0.1, -0.05) is 6.07 Å². The number of aryl methyl sites for hydroxylation is 1. The van der Waals surface area contributed by atoms with Gasteiger partial charge in [0, 0.05) is 26.2 Å². The molecule has 0 spiro atoms. The molecular weight excluding hydrogens is 240 g/mol. The van der Waals surface area contributed by atoms with Gasteiger partial charge in [-0.25, -0.2) is 15.8 Å². The maximum Gasteiger partial charge on any atom is 0.184 e. The van der Waals surface area contributed by atoms with Crippen LogP contribution in [0.5, 0.6) is 0 Å². The van der Waals surface area contributed by atoms with Gasteiger partial charge in [0.15, 0.2) is 11.6 Å². The topological polar surface area (TPSA) is 79.1 Å². The van der Waals surface area contributed by atoms with E-state index in [-0.39, 0.29) is 0 Å². The molecule has 0 bridgehead atoms. The molecule has 19 heavy (non-hydrogen) atoms. The number of rotatable bonds is 2. The predicted molar refractivity (Wildman–Crippen MR) is 77.2 cm³/mol. The van der Waals surface area contributed by atoms with Crippen molar-refractivity contribution in [3.8, 4) is 0 Å².